The number of aliphatic hydroxyl groups is 5. The zero-order chi connectivity index (χ0) is 45.0. The summed E-state index contributed by atoms with van der Waals surface area (Å²) >= 11 is 0. The van der Waals surface area contributed by atoms with E-state index in [9.17, 15) is 44.6 Å². The van der Waals surface area contributed by atoms with E-state index in [0.29, 0.717) is 12.8 Å². The Morgan fingerprint density at radius 1 is 0.525 bits per heavy atom. The predicted molar refractivity (Wildman–Crippen MR) is 239 cm³/mol. The summed E-state index contributed by atoms with van der Waals surface area (Å²) in [5.74, 6) is -1.11. The summed E-state index contributed by atoms with van der Waals surface area (Å²) in [5, 5.41) is 50.1. The Labute approximate surface area is 367 Å². The summed E-state index contributed by atoms with van der Waals surface area (Å²) in [7, 11) is -5.11. The Kier molecular flexibility index (Phi) is 34.7. The second kappa shape index (κ2) is 37.2. The number of allylic oxidation sites excluding steroid dienone is 8. The molecule has 6 N–H and O–H groups in total. The minimum Gasteiger partial charge on any atom is -0.462 e. The summed E-state index contributed by atoms with van der Waals surface area (Å²) in [6, 6.07) is 0. The third-order valence-electron chi connectivity index (χ3n) is 10.7. The first-order chi connectivity index (χ1) is 29.4. The fraction of sp³-hybridized carbons (Fsp3) is 0.787. The van der Waals surface area contributed by atoms with Gasteiger partial charge in [0, 0.05) is 12.8 Å². The molecule has 354 valence electrons. The van der Waals surface area contributed by atoms with Crippen molar-refractivity contribution >= 4 is 19.8 Å². The molecule has 0 saturated heterocycles. The Balaban J connectivity index is 2.37. The number of unbranched alkanes of at least 4 members (excludes halogenated alkanes) is 18. The molecular formula is C47H83O13P. The van der Waals surface area contributed by atoms with Crippen molar-refractivity contribution in [2.75, 3.05) is 13.2 Å². The van der Waals surface area contributed by atoms with Crippen LogP contribution in [-0.4, -0.2) is 98.3 Å². The number of carbonyl (C=O) groups is 2. The van der Waals surface area contributed by atoms with E-state index >= 15 is 0 Å². The fourth-order valence-electron chi connectivity index (χ4n) is 6.93. The summed E-state index contributed by atoms with van der Waals surface area (Å²) in [6.07, 6.45) is 30.4. The SMILES string of the molecule is CC/C=C\C/C=C\C/C=C\C/C=C\CCCCCCCCCCCCC(=O)OC(COC(=O)CCCCCCCCCCC)COP(=O)(O)OC1C(O)C(O)C(O)C(O)C1O. The monoisotopic (exact) mass is 887 g/mol. The van der Waals surface area contributed by atoms with Crippen molar-refractivity contribution in [2.24, 2.45) is 0 Å². The molecule has 0 heterocycles. The lowest BCUT2D eigenvalue weighted by Crippen LogP contribution is -2.64. The maximum absolute atomic E-state index is 12.8. The summed E-state index contributed by atoms with van der Waals surface area (Å²) < 4.78 is 33.5. The highest BCUT2D eigenvalue weighted by molar-refractivity contribution is 7.47. The number of aliphatic hydroxyl groups excluding tert-OH is 5. The molecule has 13 nitrogen and oxygen atoms in total. The molecule has 14 heteroatoms. The normalized spacial score (nSPS) is 22.4. The van der Waals surface area contributed by atoms with E-state index in [0.717, 1.165) is 77.0 Å². The van der Waals surface area contributed by atoms with Crippen LogP contribution in [0, 0.1) is 0 Å². The van der Waals surface area contributed by atoms with Crippen molar-refractivity contribution in [1.29, 1.82) is 0 Å². The maximum Gasteiger partial charge on any atom is 0.472 e. The molecule has 0 radical (unpaired) electrons. The van der Waals surface area contributed by atoms with Crippen LogP contribution in [0.15, 0.2) is 48.6 Å². The topological polar surface area (TPSA) is 210 Å². The lowest BCUT2D eigenvalue weighted by molar-refractivity contribution is -0.220. The van der Waals surface area contributed by atoms with Crippen LogP contribution in [0.3, 0.4) is 0 Å². The molecule has 1 saturated carbocycles. The third kappa shape index (κ3) is 29.7. The molecule has 6 atom stereocenters. The maximum atomic E-state index is 12.8. The molecule has 1 aliphatic carbocycles. The van der Waals surface area contributed by atoms with E-state index < -0.39 is 75.7 Å². The second-order valence-electron chi connectivity index (χ2n) is 16.2. The first-order valence-electron chi connectivity index (χ1n) is 23.4. The van der Waals surface area contributed by atoms with Crippen molar-refractivity contribution in [2.45, 2.75) is 224 Å². The van der Waals surface area contributed by atoms with E-state index in [1.807, 2.05) is 0 Å². The van der Waals surface area contributed by atoms with Crippen LogP contribution in [0.4, 0.5) is 0 Å². The van der Waals surface area contributed by atoms with Gasteiger partial charge in [-0.1, -0.05) is 165 Å². The number of ether oxygens (including phenoxy) is 2. The van der Waals surface area contributed by atoms with Crippen LogP contribution >= 0.6 is 7.82 Å². The third-order valence-corrected chi connectivity index (χ3v) is 11.7. The Morgan fingerprint density at radius 3 is 1.43 bits per heavy atom. The van der Waals surface area contributed by atoms with Gasteiger partial charge in [0.15, 0.2) is 6.10 Å². The van der Waals surface area contributed by atoms with Crippen molar-refractivity contribution in [3.63, 3.8) is 0 Å². The Hall–Kier alpha value is -2.19. The van der Waals surface area contributed by atoms with Gasteiger partial charge in [0.1, 0.15) is 43.2 Å². The van der Waals surface area contributed by atoms with Gasteiger partial charge in [-0.05, 0) is 51.4 Å². The van der Waals surface area contributed by atoms with Crippen LogP contribution in [0.25, 0.3) is 0 Å². The van der Waals surface area contributed by atoms with Gasteiger partial charge in [0.25, 0.3) is 0 Å². The van der Waals surface area contributed by atoms with E-state index in [-0.39, 0.29) is 12.8 Å². The van der Waals surface area contributed by atoms with Crippen molar-refractivity contribution in [3.05, 3.63) is 48.6 Å². The molecular weight excluding hydrogens is 803 g/mol. The van der Waals surface area contributed by atoms with Gasteiger partial charge in [0.2, 0.25) is 0 Å². The number of carbonyl (C=O) groups excluding carboxylic acids is 2. The second-order valence-corrected chi connectivity index (χ2v) is 17.6. The van der Waals surface area contributed by atoms with Gasteiger partial charge in [-0.15, -0.1) is 0 Å². The molecule has 0 spiro atoms. The quantitative estimate of drug-likeness (QED) is 0.0148. The van der Waals surface area contributed by atoms with Crippen LogP contribution < -0.4 is 0 Å². The Morgan fingerprint density at radius 2 is 0.934 bits per heavy atom. The molecule has 1 fully saturated rings. The highest BCUT2D eigenvalue weighted by atomic mass is 31.2. The van der Waals surface area contributed by atoms with Crippen LogP contribution in [0.2, 0.25) is 0 Å². The van der Waals surface area contributed by atoms with Gasteiger partial charge < -0.3 is 39.9 Å². The Bertz CT molecular complexity index is 1250. The molecule has 1 aliphatic rings. The highest BCUT2D eigenvalue weighted by Crippen LogP contribution is 2.47. The minimum absolute atomic E-state index is 0.0913. The largest absolute Gasteiger partial charge is 0.472 e. The summed E-state index contributed by atoms with van der Waals surface area (Å²) in [5.41, 5.74) is 0. The van der Waals surface area contributed by atoms with Crippen molar-refractivity contribution < 1.29 is 63.1 Å². The lowest BCUT2D eigenvalue weighted by Gasteiger charge is -2.41. The molecule has 1 rings (SSSR count). The first-order valence-corrected chi connectivity index (χ1v) is 24.9. The molecule has 0 aromatic carbocycles. The first kappa shape index (κ1) is 56.8. The number of hydrogen-bond acceptors (Lipinski definition) is 12. The molecule has 6 unspecified atom stereocenters. The molecule has 0 aromatic heterocycles. The number of esters is 2. The summed E-state index contributed by atoms with van der Waals surface area (Å²) in [4.78, 5) is 35.6. The number of hydrogen-bond donors (Lipinski definition) is 6. The zero-order valence-electron chi connectivity index (χ0n) is 37.4. The van der Waals surface area contributed by atoms with Gasteiger partial charge in [-0.2, -0.15) is 0 Å². The van der Waals surface area contributed by atoms with Gasteiger partial charge in [-0.3, -0.25) is 18.6 Å². The zero-order valence-corrected chi connectivity index (χ0v) is 38.3. The highest BCUT2D eigenvalue weighted by Gasteiger charge is 2.51. The standard InChI is InChI=1S/C47H83O13P/c1-3-5-7-9-11-13-14-15-16-17-18-19-20-21-22-23-24-25-26-28-30-32-34-36-41(49)59-39(37-57-40(48)35-33-31-29-27-12-10-8-6-4-2)38-58-61(55,56)60-47-45(53)43(51)42(50)44(52)46(47)54/h5,7,11,13,15-16,18-19,39,42-47,50-54H,3-4,6,8-10,12,14,17,20-38H2,1-2H3,(H,55,56)/b7-5-,13-11-,16-15-,19-18-. The average Bonchev–Trinajstić information content (AvgIpc) is 3.24. The van der Waals surface area contributed by atoms with Crippen LogP contribution in [0.1, 0.15) is 181 Å². The van der Waals surface area contributed by atoms with Gasteiger partial charge in [0.05, 0.1) is 6.61 Å². The van der Waals surface area contributed by atoms with E-state index in [2.05, 4.69) is 62.5 Å². The minimum atomic E-state index is -5.11. The van der Waals surface area contributed by atoms with E-state index in [1.54, 1.807) is 0 Å². The number of phosphoric acid groups is 1. The predicted octanol–water partition coefficient (Wildman–Crippen LogP) is 9.17. The lowest BCUT2D eigenvalue weighted by atomic mass is 9.85. The van der Waals surface area contributed by atoms with E-state index in [4.69, 9.17) is 18.5 Å². The molecule has 61 heavy (non-hydrogen) atoms. The van der Waals surface area contributed by atoms with Crippen LogP contribution in [-0.2, 0) is 32.7 Å². The number of phosphoric ester groups is 1. The molecule has 0 bridgehead atoms. The van der Waals surface area contributed by atoms with Crippen molar-refractivity contribution in [1.82, 2.24) is 0 Å². The van der Waals surface area contributed by atoms with Gasteiger partial charge >= 0.3 is 19.8 Å². The molecule has 0 aliphatic heterocycles. The average molecular weight is 887 g/mol. The van der Waals surface area contributed by atoms with Crippen LogP contribution in [0.5, 0.6) is 0 Å². The molecule has 0 amide bonds. The number of rotatable bonds is 38. The smallest absolute Gasteiger partial charge is 0.462 e. The van der Waals surface area contributed by atoms with Crippen molar-refractivity contribution in [3.8, 4) is 0 Å². The molecule has 0 aromatic rings. The van der Waals surface area contributed by atoms with E-state index in [1.165, 1.54) is 64.2 Å². The summed E-state index contributed by atoms with van der Waals surface area (Å²) in [6.45, 7) is 3.15. The fourth-order valence-corrected chi connectivity index (χ4v) is 7.90. The van der Waals surface area contributed by atoms with Gasteiger partial charge in [-0.25, -0.2) is 4.57 Å².